The van der Waals surface area contributed by atoms with Crippen molar-refractivity contribution >= 4 is 22.5 Å². The maximum Gasteiger partial charge on any atom is 0.310 e. The third-order valence-corrected chi connectivity index (χ3v) is 3.75. The van der Waals surface area contributed by atoms with Crippen LogP contribution in [0.2, 0.25) is 0 Å². The first-order valence-corrected chi connectivity index (χ1v) is 6.26. The monoisotopic (exact) mass is 256 g/mol. The molecule has 0 saturated carbocycles. The highest BCUT2D eigenvalue weighted by Crippen LogP contribution is 2.26. The lowest BCUT2D eigenvalue weighted by molar-refractivity contribution is -0.146. The van der Waals surface area contributed by atoms with Crippen molar-refractivity contribution in [2.24, 2.45) is 11.8 Å². The summed E-state index contributed by atoms with van der Waals surface area (Å²) in [5, 5.41) is 4.63. The Bertz CT molecular complexity index is 409. The van der Waals surface area contributed by atoms with E-state index in [1.54, 1.807) is 0 Å². The van der Waals surface area contributed by atoms with Crippen molar-refractivity contribution in [3.8, 4) is 0 Å². The summed E-state index contributed by atoms with van der Waals surface area (Å²) in [4.78, 5) is 13.7. The number of ether oxygens (including phenoxy) is 1. The predicted octanol–water partition coefficient (Wildman–Crippen LogP) is 0.361. The van der Waals surface area contributed by atoms with Gasteiger partial charge in [-0.15, -0.1) is 5.10 Å². The summed E-state index contributed by atoms with van der Waals surface area (Å²) < 4.78 is 8.60. The van der Waals surface area contributed by atoms with Crippen LogP contribution in [0.5, 0.6) is 0 Å². The van der Waals surface area contributed by atoms with Gasteiger partial charge in [0.15, 0.2) is 0 Å². The first-order chi connectivity index (χ1) is 8.11. The van der Waals surface area contributed by atoms with E-state index in [0.29, 0.717) is 24.0 Å². The van der Waals surface area contributed by atoms with Crippen LogP contribution in [-0.2, 0) is 16.1 Å². The average molecular weight is 256 g/mol. The molecule has 1 saturated heterocycles. The number of nitrogens with zero attached hydrogens (tertiary/aromatic N) is 3. The molecule has 1 aliphatic rings. The standard InChI is InChI=1S/C10H16N4O2S/c1-6-3-14(4-7(6)10(15)16-2)5-8-9(11)17-13-12-8/h6-7H,3-5,11H2,1-2H3. The number of anilines is 1. The third kappa shape index (κ3) is 2.55. The molecule has 0 spiro atoms. The minimum atomic E-state index is -0.135. The molecule has 2 atom stereocenters. The summed E-state index contributed by atoms with van der Waals surface area (Å²) in [6, 6.07) is 0. The van der Waals surface area contributed by atoms with Gasteiger partial charge in [-0.3, -0.25) is 9.69 Å². The van der Waals surface area contributed by atoms with Gasteiger partial charge in [0.2, 0.25) is 0 Å². The first-order valence-electron chi connectivity index (χ1n) is 5.48. The molecule has 0 amide bonds. The van der Waals surface area contributed by atoms with E-state index in [1.807, 2.05) is 0 Å². The number of carbonyl (C=O) groups excluding carboxylic acids is 1. The number of nitrogens with two attached hydrogens (primary N) is 1. The predicted molar refractivity (Wildman–Crippen MR) is 64.3 cm³/mol. The average Bonchev–Trinajstić information content (AvgIpc) is 2.86. The Kier molecular flexibility index (Phi) is 3.58. The normalized spacial score (nSPS) is 25.1. The lowest BCUT2D eigenvalue weighted by Gasteiger charge is -2.13. The van der Waals surface area contributed by atoms with Crippen LogP contribution in [-0.4, -0.2) is 40.7 Å². The molecule has 0 aliphatic carbocycles. The molecule has 2 heterocycles. The highest BCUT2D eigenvalue weighted by molar-refractivity contribution is 7.09. The lowest BCUT2D eigenvalue weighted by atomic mass is 9.99. The van der Waals surface area contributed by atoms with E-state index in [1.165, 1.54) is 18.6 Å². The molecular weight excluding hydrogens is 240 g/mol. The van der Waals surface area contributed by atoms with E-state index in [2.05, 4.69) is 21.4 Å². The Morgan fingerprint density at radius 2 is 2.41 bits per heavy atom. The third-order valence-electron chi connectivity index (χ3n) is 3.15. The highest BCUT2D eigenvalue weighted by atomic mass is 32.1. The summed E-state index contributed by atoms with van der Waals surface area (Å²) in [6.07, 6.45) is 0. The van der Waals surface area contributed by atoms with E-state index < -0.39 is 0 Å². The van der Waals surface area contributed by atoms with Gasteiger partial charge >= 0.3 is 5.97 Å². The zero-order valence-electron chi connectivity index (χ0n) is 9.92. The van der Waals surface area contributed by atoms with Crippen LogP contribution in [0.25, 0.3) is 0 Å². The van der Waals surface area contributed by atoms with Crippen LogP contribution in [0.15, 0.2) is 0 Å². The Morgan fingerprint density at radius 1 is 1.65 bits per heavy atom. The van der Waals surface area contributed by atoms with Gasteiger partial charge in [0.1, 0.15) is 10.7 Å². The fourth-order valence-electron chi connectivity index (χ4n) is 2.19. The number of hydrogen-bond donors (Lipinski definition) is 1. The first kappa shape index (κ1) is 12.3. The summed E-state index contributed by atoms with van der Waals surface area (Å²) in [5.74, 6) is 0.118. The number of rotatable bonds is 3. The molecule has 94 valence electrons. The zero-order chi connectivity index (χ0) is 12.4. The van der Waals surface area contributed by atoms with Gasteiger partial charge in [0, 0.05) is 31.2 Å². The molecule has 1 aromatic rings. The second-order valence-corrected chi connectivity index (χ2v) is 5.17. The number of likely N-dealkylation sites (tertiary alicyclic amines) is 1. The SMILES string of the molecule is COC(=O)C1CN(Cc2nnsc2N)CC1C. The minimum Gasteiger partial charge on any atom is -0.469 e. The smallest absolute Gasteiger partial charge is 0.310 e. The highest BCUT2D eigenvalue weighted by Gasteiger charge is 2.35. The van der Waals surface area contributed by atoms with Crippen molar-refractivity contribution in [1.82, 2.24) is 14.5 Å². The van der Waals surface area contributed by atoms with Crippen molar-refractivity contribution in [2.75, 3.05) is 25.9 Å². The fourth-order valence-corrected chi connectivity index (χ4v) is 2.63. The number of carbonyl (C=O) groups is 1. The molecule has 1 aromatic heterocycles. The minimum absolute atomic E-state index is 0.0483. The Hall–Kier alpha value is -1.21. The van der Waals surface area contributed by atoms with Crippen molar-refractivity contribution in [3.05, 3.63) is 5.69 Å². The maximum absolute atomic E-state index is 11.5. The second-order valence-electron chi connectivity index (χ2n) is 4.38. The molecule has 6 nitrogen and oxygen atoms in total. The lowest BCUT2D eigenvalue weighted by Crippen LogP contribution is -2.24. The van der Waals surface area contributed by atoms with Crippen LogP contribution >= 0.6 is 11.5 Å². The quantitative estimate of drug-likeness (QED) is 0.786. The molecule has 1 fully saturated rings. The number of esters is 1. The molecule has 2 rings (SSSR count). The van der Waals surface area contributed by atoms with E-state index in [9.17, 15) is 4.79 Å². The van der Waals surface area contributed by atoms with Crippen molar-refractivity contribution in [2.45, 2.75) is 13.5 Å². The van der Waals surface area contributed by atoms with Crippen molar-refractivity contribution in [1.29, 1.82) is 0 Å². The zero-order valence-corrected chi connectivity index (χ0v) is 10.7. The molecule has 2 unspecified atom stereocenters. The van der Waals surface area contributed by atoms with Crippen LogP contribution in [0.3, 0.4) is 0 Å². The van der Waals surface area contributed by atoms with E-state index in [0.717, 1.165) is 12.2 Å². The largest absolute Gasteiger partial charge is 0.469 e. The van der Waals surface area contributed by atoms with Crippen molar-refractivity contribution in [3.63, 3.8) is 0 Å². The van der Waals surface area contributed by atoms with Gasteiger partial charge in [-0.25, -0.2) is 0 Å². The number of aromatic nitrogens is 2. The maximum atomic E-state index is 11.5. The van der Waals surface area contributed by atoms with E-state index in [-0.39, 0.29) is 11.9 Å². The Labute approximate surface area is 104 Å². The fraction of sp³-hybridized carbons (Fsp3) is 0.700. The van der Waals surface area contributed by atoms with E-state index >= 15 is 0 Å². The molecule has 17 heavy (non-hydrogen) atoms. The van der Waals surface area contributed by atoms with Crippen molar-refractivity contribution < 1.29 is 9.53 Å². The summed E-state index contributed by atoms with van der Waals surface area (Å²) in [6.45, 7) is 4.27. The molecule has 2 N–H and O–H groups in total. The Balaban J connectivity index is 1.97. The van der Waals surface area contributed by atoms with E-state index in [4.69, 9.17) is 10.5 Å². The van der Waals surface area contributed by atoms with Gasteiger partial charge in [-0.1, -0.05) is 11.4 Å². The number of methoxy groups -OCH3 is 1. The topological polar surface area (TPSA) is 81.3 Å². The second kappa shape index (κ2) is 4.97. The molecule has 7 heteroatoms. The number of nitrogen functional groups attached to an aromatic ring is 1. The summed E-state index contributed by atoms with van der Waals surface area (Å²) in [5.41, 5.74) is 6.55. The van der Waals surface area contributed by atoms with Gasteiger partial charge in [-0.2, -0.15) is 0 Å². The van der Waals surface area contributed by atoms with Gasteiger partial charge in [0.05, 0.1) is 13.0 Å². The van der Waals surface area contributed by atoms with Crippen LogP contribution in [0.4, 0.5) is 5.00 Å². The molecular formula is C10H16N4O2S. The molecule has 0 aromatic carbocycles. The van der Waals surface area contributed by atoms with Crippen LogP contribution in [0, 0.1) is 11.8 Å². The molecule has 0 radical (unpaired) electrons. The van der Waals surface area contributed by atoms with Gasteiger partial charge < -0.3 is 10.5 Å². The van der Waals surface area contributed by atoms with Crippen LogP contribution < -0.4 is 5.73 Å². The Morgan fingerprint density at radius 3 is 3.00 bits per heavy atom. The van der Waals surface area contributed by atoms with Gasteiger partial charge in [-0.05, 0) is 5.92 Å². The summed E-state index contributed by atoms with van der Waals surface area (Å²) >= 11 is 1.20. The molecule has 0 bridgehead atoms. The molecule has 1 aliphatic heterocycles. The van der Waals surface area contributed by atoms with Gasteiger partial charge in [0.25, 0.3) is 0 Å². The number of hydrogen-bond acceptors (Lipinski definition) is 7. The van der Waals surface area contributed by atoms with Crippen LogP contribution in [0.1, 0.15) is 12.6 Å². The summed E-state index contributed by atoms with van der Waals surface area (Å²) in [7, 11) is 1.43.